The molecule has 0 aromatic heterocycles. The highest BCUT2D eigenvalue weighted by molar-refractivity contribution is 8.01. The molecule has 0 radical (unpaired) electrons. The number of carbonyl (C=O) groups is 2. The Labute approximate surface area is 166 Å². The van der Waals surface area contributed by atoms with Crippen molar-refractivity contribution >= 4 is 39.1 Å². The number of nitrogens with one attached hydrogen (secondary N) is 2. The van der Waals surface area contributed by atoms with Crippen molar-refractivity contribution in [2.75, 3.05) is 11.1 Å². The number of anilines is 1. The first-order valence-corrected chi connectivity index (χ1v) is 11.1. The van der Waals surface area contributed by atoms with Crippen LogP contribution in [0.1, 0.15) is 18.9 Å². The fourth-order valence-electron chi connectivity index (χ4n) is 2.62. The van der Waals surface area contributed by atoms with Crippen LogP contribution in [0.2, 0.25) is 0 Å². The lowest BCUT2D eigenvalue weighted by atomic mass is 10.2. The Morgan fingerprint density at radius 1 is 1.21 bits per heavy atom. The predicted molar refractivity (Wildman–Crippen MR) is 105 cm³/mol. The zero-order valence-electron chi connectivity index (χ0n) is 15.1. The quantitative estimate of drug-likeness (QED) is 0.747. The molecular formula is C19H19FN2O4S2. The van der Waals surface area contributed by atoms with Crippen LogP contribution < -0.4 is 10.6 Å². The Bertz CT molecular complexity index is 1010. The summed E-state index contributed by atoms with van der Waals surface area (Å²) < 4.78 is 37.9. The molecule has 9 heteroatoms. The van der Waals surface area contributed by atoms with Crippen molar-refractivity contribution in [3.63, 3.8) is 0 Å². The number of halogens is 1. The molecule has 0 unspecified atom stereocenters. The fraction of sp³-hybridized carbons (Fsp3) is 0.263. The Morgan fingerprint density at radius 2 is 1.93 bits per heavy atom. The highest BCUT2D eigenvalue weighted by Gasteiger charge is 2.25. The van der Waals surface area contributed by atoms with E-state index in [0.29, 0.717) is 5.69 Å². The van der Waals surface area contributed by atoms with Gasteiger partial charge in [0.15, 0.2) is 9.84 Å². The summed E-state index contributed by atoms with van der Waals surface area (Å²) in [5.41, 5.74) is 1.18. The van der Waals surface area contributed by atoms with Crippen LogP contribution in [0.5, 0.6) is 0 Å². The van der Waals surface area contributed by atoms with Gasteiger partial charge in [-0.05, 0) is 42.8 Å². The van der Waals surface area contributed by atoms with Crippen molar-refractivity contribution in [2.45, 2.75) is 34.9 Å². The van der Waals surface area contributed by atoms with E-state index in [2.05, 4.69) is 10.6 Å². The molecule has 148 valence electrons. The molecule has 0 bridgehead atoms. The molecule has 3 rings (SSSR count). The first kappa shape index (κ1) is 20.3. The van der Waals surface area contributed by atoms with E-state index < -0.39 is 15.7 Å². The molecule has 2 aromatic carbocycles. The van der Waals surface area contributed by atoms with Crippen LogP contribution in [0, 0.1) is 5.82 Å². The van der Waals surface area contributed by atoms with Crippen molar-refractivity contribution in [3.05, 3.63) is 53.8 Å². The standard InChI is InChI=1S/C19H19FN2O4S2/c1-12-19(24)22-16-10-15(6-7-17(16)27-12)28(25,26)9-8-18(23)21-11-13-2-4-14(20)5-3-13/h2-7,10,12H,8-9,11H2,1H3,(H,21,23)(H,22,24)/t12-/m1/s1. The summed E-state index contributed by atoms with van der Waals surface area (Å²) >= 11 is 1.37. The third kappa shape index (κ3) is 4.90. The molecule has 6 nitrogen and oxygen atoms in total. The molecule has 0 fully saturated rings. The van der Waals surface area contributed by atoms with Crippen molar-refractivity contribution in [3.8, 4) is 0 Å². The highest BCUT2D eigenvalue weighted by Crippen LogP contribution is 2.36. The van der Waals surface area contributed by atoms with Gasteiger partial charge >= 0.3 is 0 Å². The minimum absolute atomic E-state index is 0.0630. The molecule has 2 amide bonds. The van der Waals surface area contributed by atoms with Gasteiger partial charge in [-0.3, -0.25) is 9.59 Å². The van der Waals surface area contributed by atoms with Gasteiger partial charge in [0.25, 0.3) is 0 Å². The summed E-state index contributed by atoms with van der Waals surface area (Å²) in [5.74, 6) is -1.30. The lowest BCUT2D eigenvalue weighted by molar-refractivity contribution is -0.121. The fourth-order valence-corrected chi connectivity index (χ4v) is 4.81. The third-order valence-electron chi connectivity index (χ3n) is 4.24. The molecule has 2 aromatic rings. The molecule has 1 aliphatic heterocycles. The van der Waals surface area contributed by atoms with E-state index in [-0.39, 0.29) is 40.6 Å². The van der Waals surface area contributed by atoms with Crippen molar-refractivity contribution in [2.24, 2.45) is 0 Å². The second-order valence-corrected chi connectivity index (χ2v) is 9.87. The van der Waals surface area contributed by atoms with E-state index in [4.69, 9.17) is 0 Å². The molecule has 2 N–H and O–H groups in total. The molecule has 0 saturated carbocycles. The van der Waals surface area contributed by atoms with Gasteiger partial charge in [0.1, 0.15) is 5.82 Å². The van der Waals surface area contributed by atoms with E-state index >= 15 is 0 Å². The number of hydrogen-bond donors (Lipinski definition) is 2. The summed E-state index contributed by atoms with van der Waals surface area (Å²) in [4.78, 5) is 24.6. The Morgan fingerprint density at radius 3 is 2.64 bits per heavy atom. The number of sulfone groups is 1. The van der Waals surface area contributed by atoms with E-state index in [1.54, 1.807) is 25.1 Å². The van der Waals surface area contributed by atoms with Crippen LogP contribution in [0.15, 0.2) is 52.3 Å². The summed E-state index contributed by atoms with van der Waals surface area (Å²) in [5, 5.41) is 5.08. The van der Waals surface area contributed by atoms with Gasteiger partial charge in [-0.25, -0.2) is 12.8 Å². The van der Waals surface area contributed by atoms with Crippen molar-refractivity contribution in [1.29, 1.82) is 0 Å². The summed E-state index contributed by atoms with van der Waals surface area (Å²) in [6.45, 7) is 1.97. The molecular weight excluding hydrogens is 403 g/mol. The van der Waals surface area contributed by atoms with Crippen LogP contribution >= 0.6 is 11.8 Å². The normalized spacial score (nSPS) is 16.2. The van der Waals surface area contributed by atoms with Crippen LogP contribution in [-0.2, 0) is 26.0 Å². The van der Waals surface area contributed by atoms with Crippen molar-refractivity contribution in [1.82, 2.24) is 5.32 Å². The molecule has 0 spiro atoms. The largest absolute Gasteiger partial charge is 0.352 e. The molecule has 0 saturated heterocycles. The van der Waals surface area contributed by atoms with Gasteiger partial charge in [0.2, 0.25) is 11.8 Å². The SMILES string of the molecule is C[C@H]1Sc2ccc(S(=O)(=O)CCC(=O)NCc3ccc(F)cc3)cc2NC1=O. The Hall–Kier alpha value is -2.39. The first-order valence-electron chi connectivity index (χ1n) is 8.60. The minimum Gasteiger partial charge on any atom is -0.352 e. The number of rotatable bonds is 6. The lowest BCUT2D eigenvalue weighted by Gasteiger charge is -2.21. The number of amides is 2. The van der Waals surface area contributed by atoms with Crippen LogP contribution in [0.4, 0.5) is 10.1 Å². The van der Waals surface area contributed by atoms with Gasteiger partial charge in [-0.15, -0.1) is 11.8 Å². The number of carbonyl (C=O) groups excluding carboxylic acids is 2. The number of hydrogen-bond acceptors (Lipinski definition) is 5. The smallest absolute Gasteiger partial charge is 0.237 e. The van der Waals surface area contributed by atoms with Gasteiger partial charge in [0.05, 0.1) is 21.6 Å². The zero-order valence-corrected chi connectivity index (χ0v) is 16.7. The third-order valence-corrected chi connectivity index (χ3v) is 7.13. The monoisotopic (exact) mass is 422 g/mol. The van der Waals surface area contributed by atoms with Crippen LogP contribution in [0.3, 0.4) is 0 Å². The average Bonchev–Trinajstić information content (AvgIpc) is 2.66. The van der Waals surface area contributed by atoms with E-state index in [1.165, 1.54) is 36.0 Å². The topological polar surface area (TPSA) is 92.3 Å². The summed E-state index contributed by atoms with van der Waals surface area (Å²) in [7, 11) is -3.68. The second-order valence-electron chi connectivity index (χ2n) is 6.38. The van der Waals surface area contributed by atoms with E-state index in [1.807, 2.05) is 0 Å². The molecule has 28 heavy (non-hydrogen) atoms. The highest BCUT2D eigenvalue weighted by atomic mass is 32.2. The van der Waals surface area contributed by atoms with Gasteiger partial charge in [-0.1, -0.05) is 12.1 Å². The van der Waals surface area contributed by atoms with Crippen molar-refractivity contribution < 1.29 is 22.4 Å². The maximum Gasteiger partial charge on any atom is 0.237 e. The van der Waals surface area contributed by atoms with Crippen LogP contribution in [-0.4, -0.2) is 31.2 Å². The Kier molecular flexibility index (Phi) is 6.04. The summed E-state index contributed by atoms with van der Waals surface area (Å²) in [6.07, 6.45) is -0.196. The second kappa shape index (κ2) is 8.32. The first-order chi connectivity index (χ1) is 13.2. The maximum absolute atomic E-state index is 12.9. The Balaban J connectivity index is 1.59. The van der Waals surface area contributed by atoms with E-state index in [0.717, 1.165) is 10.5 Å². The van der Waals surface area contributed by atoms with Crippen LogP contribution in [0.25, 0.3) is 0 Å². The zero-order chi connectivity index (χ0) is 20.3. The molecule has 1 heterocycles. The number of thioether (sulfide) groups is 1. The average molecular weight is 423 g/mol. The number of benzene rings is 2. The van der Waals surface area contributed by atoms with Gasteiger partial charge < -0.3 is 10.6 Å². The van der Waals surface area contributed by atoms with Gasteiger partial charge in [-0.2, -0.15) is 0 Å². The lowest BCUT2D eigenvalue weighted by Crippen LogP contribution is -2.27. The summed E-state index contributed by atoms with van der Waals surface area (Å²) in [6, 6.07) is 10.3. The maximum atomic E-state index is 12.9. The van der Waals surface area contributed by atoms with Gasteiger partial charge in [0, 0.05) is 17.9 Å². The molecule has 1 aliphatic rings. The van der Waals surface area contributed by atoms with E-state index in [9.17, 15) is 22.4 Å². The number of fused-ring (bicyclic) bond motifs is 1. The molecule has 0 aliphatic carbocycles. The molecule has 1 atom stereocenters. The predicted octanol–water partition coefficient (Wildman–Crippen LogP) is 2.74. The minimum atomic E-state index is -3.68.